The molecule has 0 radical (unpaired) electrons. The van der Waals surface area contributed by atoms with Gasteiger partial charge in [-0.1, -0.05) is 103 Å². The molecular weight excluding hydrogens is 328 g/mol. The largest absolute Gasteiger partial charge is 0.380 e. The fraction of sp³-hybridized carbons (Fsp3) is 0.0769. The highest BCUT2D eigenvalue weighted by Crippen LogP contribution is 2.43. The first-order chi connectivity index (χ1) is 13.3. The van der Waals surface area contributed by atoms with E-state index >= 15 is 0 Å². The summed E-state index contributed by atoms with van der Waals surface area (Å²) in [6.07, 6.45) is 4.78. The minimum Gasteiger partial charge on any atom is -0.380 e. The topological polar surface area (TPSA) is 20.2 Å². The third-order valence-corrected chi connectivity index (χ3v) is 5.53. The standard InChI is InChI=1S/C26H20O/c27-26(18-19-8-2-1-3-9-19)24-13-7-5-11-21(24)15-17-22-16-14-20-10-4-6-12-23(20)25(22)26/h1-17,27H,18H2. The maximum absolute atomic E-state index is 12.3. The van der Waals surface area contributed by atoms with Crippen molar-refractivity contribution in [3.8, 4) is 0 Å². The molecule has 1 N–H and O–H groups in total. The van der Waals surface area contributed by atoms with E-state index < -0.39 is 5.60 Å². The Hall–Kier alpha value is -3.16. The molecule has 0 fully saturated rings. The number of rotatable bonds is 2. The van der Waals surface area contributed by atoms with Crippen LogP contribution in [0.5, 0.6) is 0 Å². The van der Waals surface area contributed by atoms with Gasteiger partial charge in [-0.2, -0.15) is 0 Å². The second kappa shape index (κ2) is 6.22. The molecule has 27 heavy (non-hydrogen) atoms. The lowest BCUT2D eigenvalue weighted by Gasteiger charge is -2.32. The van der Waals surface area contributed by atoms with Gasteiger partial charge < -0.3 is 5.11 Å². The Morgan fingerprint density at radius 3 is 2.22 bits per heavy atom. The lowest BCUT2D eigenvalue weighted by Crippen LogP contribution is -2.31. The smallest absolute Gasteiger partial charge is 0.120 e. The molecule has 0 amide bonds. The lowest BCUT2D eigenvalue weighted by molar-refractivity contribution is 0.0825. The molecule has 1 unspecified atom stereocenters. The third kappa shape index (κ3) is 2.59. The molecular formula is C26H20O. The summed E-state index contributed by atoms with van der Waals surface area (Å²) in [6.45, 7) is 0. The molecule has 5 rings (SSSR count). The van der Waals surface area contributed by atoms with Crippen molar-refractivity contribution < 1.29 is 5.11 Å². The van der Waals surface area contributed by atoms with Gasteiger partial charge in [-0.15, -0.1) is 0 Å². The number of hydrogen-bond acceptors (Lipinski definition) is 1. The highest BCUT2D eigenvalue weighted by molar-refractivity contribution is 5.93. The van der Waals surface area contributed by atoms with Crippen LogP contribution in [-0.4, -0.2) is 5.11 Å². The van der Waals surface area contributed by atoms with Gasteiger partial charge in [0.15, 0.2) is 0 Å². The normalized spacial score (nSPS) is 18.0. The predicted molar refractivity (Wildman–Crippen MR) is 112 cm³/mol. The summed E-state index contributed by atoms with van der Waals surface area (Å²) in [5, 5.41) is 14.5. The molecule has 130 valence electrons. The number of hydrogen-bond donors (Lipinski definition) is 1. The van der Waals surface area contributed by atoms with Gasteiger partial charge in [-0.05, 0) is 33.0 Å². The average Bonchev–Trinajstić information content (AvgIpc) is 2.84. The fourth-order valence-corrected chi connectivity index (χ4v) is 4.30. The van der Waals surface area contributed by atoms with Gasteiger partial charge in [0.2, 0.25) is 0 Å². The second-order valence-corrected chi connectivity index (χ2v) is 7.19. The van der Waals surface area contributed by atoms with Crippen LogP contribution in [0.2, 0.25) is 0 Å². The Bertz CT molecular complexity index is 1160. The molecule has 0 saturated heterocycles. The van der Waals surface area contributed by atoms with Crippen molar-refractivity contribution in [1.29, 1.82) is 0 Å². The van der Waals surface area contributed by atoms with E-state index in [-0.39, 0.29) is 0 Å². The van der Waals surface area contributed by atoms with E-state index in [1.807, 2.05) is 42.5 Å². The van der Waals surface area contributed by atoms with E-state index in [1.54, 1.807) is 0 Å². The molecule has 1 aliphatic rings. The summed E-state index contributed by atoms with van der Waals surface area (Å²) in [7, 11) is 0. The molecule has 1 heteroatoms. The summed E-state index contributed by atoms with van der Waals surface area (Å²) in [4.78, 5) is 0. The van der Waals surface area contributed by atoms with Crippen molar-refractivity contribution in [3.63, 3.8) is 0 Å². The van der Waals surface area contributed by atoms with E-state index in [9.17, 15) is 5.11 Å². The first-order valence-electron chi connectivity index (χ1n) is 9.32. The zero-order chi connectivity index (χ0) is 18.3. The van der Waals surface area contributed by atoms with E-state index in [0.29, 0.717) is 6.42 Å². The van der Waals surface area contributed by atoms with E-state index in [1.165, 1.54) is 0 Å². The molecule has 0 heterocycles. The maximum atomic E-state index is 12.3. The van der Waals surface area contributed by atoms with Crippen molar-refractivity contribution in [3.05, 3.63) is 119 Å². The highest BCUT2D eigenvalue weighted by Gasteiger charge is 2.37. The molecule has 1 aliphatic carbocycles. The highest BCUT2D eigenvalue weighted by atomic mass is 16.3. The van der Waals surface area contributed by atoms with Gasteiger partial charge in [0.05, 0.1) is 0 Å². The molecule has 0 bridgehead atoms. The molecule has 0 spiro atoms. The average molecular weight is 348 g/mol. The molecule has 1 nitrogen and oxygen atoms in total. The first-order valence-corrected chi connectivity index (χ1v) is 9.32. The van der Waals surface area contributed by atoms with Gasteiger partial charge in [0, 0.05) is 12.0 Å². The van der Waals surface area contributed by atoms with Gasteiger partial charge in [-0.25, -0.2) is 0 Å². The Kier molecular flexibility index (Phi) is 3.70. The van der Waals surface area contributed by atoms with E-state index in [2.05, 4.69) is 60.7 Å². The quantitative estimate of drug-likeness (QED) is 0.485. The van der Waals surface area contributed by atoms with Crippen molar-refractivity contribution >= 4 is 22.9 Å². The van der Waals surface area contributed by atoms with Crippen molar-refractivity contribution in [2.24, 2.45) is 0 Å². The maximum Gasteiger partial charge on any atom is 0.120 e. The van der Waals surface area contributed by atoms with E-state index in [4.69, 9.17) is 0 Å². The Balaban J connectivity index is 1.85. The van der Waals surface area contributed by atoms with E-state index in [0.717, 1.165) is 38.6 Å². The fourth-order valence-electron chi connectivity index (χ4n) is 4.30. The summed E-state index contributed by atoms with van der Waals surface area (Å²) in [5.41, 5.74) is 4.11. The molecule has 4 aromatic carbocycles. The zero-order valence-electron chi connectivity index (χ0n) is 15.0. The summed E-state index contributed by atoms with van der Waals surface area (Å²) < 4.78 is 0. The minimum atomic E-state index is -1.10. The zero-order valence-corrected chi connectivity index (χ0v) is 15.0. The van der Waals surface area contributed by atoms with Crippen LogP contribution in [0.3, 0.4) is 0 Å². The molecule has 1 atom stereocenters. The Labute approximate surface area is 159 Å². The monoisotopic (exact) mass is 348 g/mol. The van der Waals surface area contributed by atoms with Gasteiger partial charge in [0.25, 0.3) is 0 Å². The molecule has 4 aromatic rings. The summed E-state index contributed by atoms with van der Waals surface area (Å²) in [5.74, 6) is 0. The summed E-state index contributed by atoms with van der Waals surface area (Å²) >= 11 is 0. The van der Waals surface area contributed by atoms with Crippen molar-refractivity contribution in [1.82, 2.24) is 0 Å². The van der Waals surface area contributed by atoms with Crippen molar-refractivity contribution in [2.75, 3.05) is 0 Å². The first kappa shape index (κ1) is 16.0. The predicted octanol–water partition coefficient (Wildman–Crippen LogP) is 5.80. The van der Waals surface area contributed by atoms with Crippen LogP contribution in [0, 0.1) is 0 Å². The van der Waals surface area contributed by atoms with Crippen LogP contribution in [0.4, 0.5) is 0 Å². The molecule has 0 aliphatic heterocycles. The minimum absolute atomic E-state index is 0.535. The summed E-state index contributed by atoms with van der Waals surface area (Å²) in [6, 6.07) is 31.0. The van der Waals surface area contributed by atoms with Crippen LogP contribution in [0.25, 0.3) is 22.9 Å². The lowest BCUT2D eigenvalue weighted by atomic mass is 9.77. The number of fused-ring (bicyclic) bond motifs is 4. The van der Waals surface area contributed by atoms with Crippen LogP contribution in [-0.2, 0) is 12.0 Å². The number of benzene rings is 4. The Morgan fingerprint density at radius 2 is 1.33 bits per heavy atom. The van der Waals surface area contributed by atoms with Gasteiger partial charge >= 0.3 is 0 Å². The third-order valence-electron chi connectivity index (χ3n) is 5.53. The van der Waals surface area contributed by atoms with Gasteiger partial charge in [-0.3, -0.25) is 0 Å². The number of aliphatic hydroxyl groups is 1. The molecule has 0 saturated carbocycles. The second-order valence-electron chi connectivity index (χ2n) is 7.19. The van der Waals surface area contributed by atoms with Crippen LogP contribution in [0.15, 0.2) is 91.0 Å². The Morgan fingerprint density at radius 1 is 0.630 bits per heavy atom. The van der Waals surface area contributed by atoms with Crippen molar-refractivity contribution in [2.45, 2.75) is 12.0 Å². The van der Waals surface area contributed by atoms with Crippen LogP contribution < -0.4 is 0 Å². The van der Waals surface area contributed by atoms with Gasteiger partial charge in [0.1, 0.15) is 5.60 Å². The molecule has 0 aromatic heterocycles. The SMILES string of the molecule is OC1(Cc2ccccc2)c2ccccc2C=Cc2ccc3ccccc3c21. The van der Waals surface area contributed by atoms with Crippen LogP contribution in [0.1, 0.15) is 27.8 Å². The van der Waals surface area contributed by atoms with Crippen LogP contribution >= 0.6 is 0 Å².